The highest BCUT2D eigenvalue weighted by Gasteiger charge is 2.32. The van der Waals surface area contributed by atoms with E-state index in [2.05, 4.69) is 15.5 Å². The number of ether oxygens (including phenoxy) is 1. The lowest BCUT2D eigenvalue weighted by molar-refractivity contribution is -0.384. The number of benzene rings is 3. The maximum absolute atomic E-state index is 12.3. The Morgan fingerprint density at radius 2 is 1.82 bits per heavy atom. The lowest BCUT2D eigenvalue weighted by atomic mass is 10.1. The molecule has 0 bridgehead atoms. The summed E-state index contributed by atoms with van der Waals surface area (Å²) < 4.78 is 7.22. The molecule has 2 aliphatic rings. The molecule has 0 amide bonds. The van der Waals surface area contributed by atoms with Gasteiger partial charge in [0.25, 0.3) is 5.69 Å². The summed E-state index contributed by atoms with van der Waals surface area (Å²) in [5.41, 5.74) is 5.59. The second kappa shape index (κ2) is 9.93. The van der Waals surface area contributed by atoms with Crippen LogP contribution >= 0.6 is 0 Å². The van der Waals surface area contributed by atoms with E-state index in [4.69, 9.17) is 9.72 Å². The van der Waals surface area contributed by atoms with E-state index >= 15 is 0 Å². The first kappa shape index (κ1) is 24.2. The van der Waals surface area contributed by atoms with Gasteiger partial charge < -0.3 is 14.2 Å². The molecule has 1 fully saturated rings. The number of aromatic nitrogens is 2. The SMILES string of the molecule is COC(=O)c1ccc2c(c1)nc(-c1cccc([N+](=O)[O-])c1N1CCc3ccccc31)n2C1CCCCCC1. The fraction of sp³-hybridized carbons (Fsp3) is 0.333. The summed E-state index contributed by atoms with van der Waals surface area (Å²) in [7, 11) is 1.37. The van der Waals surface area contributed by atoms with Gasteiger partial charge in [0.15, 0.2) is 0 Å². The normalized spacial score (nSPS) is 15.9. The predicted octanol–water partition coefficient (Wildman–Crippen LogP) is 6.99. The summed E-state index contributed by atoms with van der Waals surface area (Å²) in [6.07, 6.45) is 7.54. The first-order valence-electron chi connectivity index (χ1n) is 13.3. The minimum absolute atomic E-state index is 0.0638. The van der Waals surface area contributed by atoms with Crippen molar-refractivity contribution in [3.8, 4) is 11.4 Å². The largest absolute Gasteiger partial charge is 0.465 e. The molecule has 0 unspecified atom stereocenters. The first-order valence-corrected chi connectivity index (χ1v) is 13.3. The average Bonchev–Trinajstić information content (AvgIpc) is 3.43. The zero-order chi connectivity index (χ0) is 26.2. The summed E-state index contributed by atoms with van der Waals surface area (Å²) in [6.45, 7) is 0.660. The third kappa shape index (κ3) is 4.10. The highest BCUT2D eigenvalue weighted by Crippen LogP contribution is 2.46. The first-order chi connectivity index (χ1) is 18.6. The van der Waals surface area contributed by atoms with Crippen LogP contribution in [0.25, 0.3) is 22.4 Å². The summed E-state index contributed by atoms with van der Waals surface area (Å²) in [5.74, 6) is 0.291. The molecule has 0 spiro atoms. The van der Waals surface area contributed by atoms with Crippen molar-refractivity contribution < 1.29 is 14.5 Å². The number of anilines is 2. The van der Waals surface area contributed by atoms with E-state index in [0.717, 1.165) is 48.9 Å². The van der Waals surface area contributed by atoms with E-state index in [0.29, 0.717) is 29.1 Å². The van der Waals surface area contributed by atoms with Crippen molar-refractivity contribution in [2.24, 2.45) is 0 Å². The molecule has 6 rings (SSSR count). The molecule has 1 saturated carbocycles. The minimum atomic E-state index is -0.415. The van der Waals surface area contributed by atoms with Gasteiger partial charge in [-0.25, -0.2) is 9.78 Å². The Kier molecular flexibility index (Phi) is 6.31. The van der Waals surface area contributed by atoms with E-state index in [1.807, 2.05) is 30.3 Å². The fourth-order valence-electron chi connectivity index (χ4n) is 6.13. The number of methoxy groups -OCH3 is 1. The molecule has 1 aromatic heterocycles. The van der Waals surface area contributed by atoms with Crippen LogP contribution in [0.1, 0.15) is 60.5 Å². The van der Waals surface area contributed by atoms with Crippen molar-refractivity contribution in [1.29, 1.82) is 0 Å². The third-order valence-corrected chi connectivity index (χ3v) is 7.91. The van der Waals surface area contributed by atoms with Crippen LogP contribution in [0.2, 0.25) is 0 Å². The Labute approximate surface area is 221 Å². The van der Waals surface area contributed by atoms with Gasteiger partial charge in [-0.1, -0.05) is 49.9 Å². The van der Waals surface area contributed by atoms with E-state index in [1.54, 1.807) is 24.3 Å². The fourth-order valence-corrected chi connectivity index (χ4v) is 6.13. The smallest absolute Gasteiger partial charge is 0.337 e. The second-order valence-corrected chi connectivity index (χ2v) is 10.1. The number of para-hydroxylation sites is 2. The van der Waals surface area contributed by atoms with Crippen molar-refractivity contribution >= 4 is 34.1 Å². The summed E-state index contributed by atoms with van der Waals surface area (Å²) in [6, 6.07) is 19.1. The molecule has 0 saturated heterocycles. The monoisotopic (exact) mass is 510 g/mol. The van der Waals surface area contributed by atoms with Gasteiger partial charge in [-0.15, -0.1) is 0 Å². The molecule has 2 heterocycles. The number of nitrogens with zero attached hydrogens (tertiary/aromatic N) is 4. The molecule has 194 valence electrons. The molecule has 8 heteroatoms. The van der Waals surface area contributed by atoms with Gasteiger partial charge in [-0.3, -0.25) is 10.1 Å². The molecule has 4 aromatic rings. The number of nitro groups is 1. The van der Waals surface area contributed by atoms with Gasteiger partial charge in [-0.05, 0) is 55.2 Å². The van der Waals surface area contributed by atoms with E-state index in [-0.39, 0.29) is 16.7 Å². The number of hydrogen-bond donors (Lipinski definition) is 0. The Hall–Kier alpha value is -4.20. The molecule has 0 N–H and O–H groups in total. The van der Waals surface area contributed by atoms with Crippen LogP contribution in [-0.4, -0.2) is 34.1 Å². The number of rotatable bonds is 5. The second-order valence-electron chi connectivity index (χ2n) is 10.1. The van der Waals surface area contributed by atoms with Gasteiger partial charge in [0.2, 0.25) is 0 Å². The third-order valence-electron chi connectivity index (χ3n) is 7.91. The van der Waals surface area contributed by atoms with E-state index < -0.39 is 5.97 Å². The van der Waals surface area contributed by atoms with Crippen LogP contribution in [0, 0.1) is 10.1 Å². The molecule has 8 nitrogen and oxygen atoms in total. The average molecular weight is 511 g/mol. The predicted molar refractivity (Wildman–Crippen MR) is 147 cm³/mol. The summed E-state index contributed by atoms with van der Waals surface area (Å²) in [4.78, 5) is 31.5. The maximum Gasteiger partial charge on any atom is 0.337 e. The zero-order valence-electron chi connectivity index (χ0n) is 21.4. The van der Waals surface area contributed by atoms with Crippen molar-refractivity contribution in [1.82, 2.24) is 9.55 Å². The Balaban J connectivity index is 1.61. The Morgan fingerprint density at radius 1 is 1.03 bits per heavy atom. The van der Waals surface area contributed by atoms with E-state index in [1.165, 1.54) is 25.5 Å². The highest BCUT2D eigenvalue weighted by atomic mass is 16.6. The van der Waals surface area contributed by atoms with Crippen molar-refractivity contribution in [3.63, 3.8) is 0 Å². The topological polar surface area (TPSA) is 90.5 Å². The quantitative estimate of drug-likeness (QED) is 0.124. The number of carbonyl (C=O) groups excluding carboxylic acids is 1. The van der Waals surface area contributed by atoms with Crippen LogP contribution in [0.4, 0.5) is 17.1 Å². The Bertz CT molecular complexity index is 1530. The van der Waals surface area contributed by atoms with Crippen LogP contribution in [-0.2, 0) is 11.2 Å². The van der Waals surface area contributed by atoms with Crippen molar-refractivity contribution in [2.75, 3.05) is 18.6 Å². The number of carbonyl (C=O) groups is 1. The molecule has 38 heavy (non-hydrogen) atoms. The lowest BCUT2D eigenvalue weighted by Gasteiger charge is -2.25. The van der Waals surface area contributed by atoms with Gasteiger partial charge in [-0.2, -0.15) is 0 Å². The molecule has 3 aromatic carbocycles. The number of imidazole rings is 1. The highest BCUT2D eigenvalue weighted by molar-refractivity contribution is 5.96. The molecule has 1 aliphatic heterocycles. The van der Waals surface area contributed by atoms with Crippen molar-refractivity contribution in [2.45, 2.75) is 51.0 Å². The number of hydrogen-bond acceptors (Lipinski definition) is 6. The molecule has 1 aliphatic carbocycles. The zero-order valence-corrected chi connectivity index (χ0v) is 21.4. The number of esters is 1. The van der Waals surface area contributed by atoms with Gasteiger partial charge in [0, 0.05) is 29.9 Å². The van der Waals surface area contributed by atoms with Crippen LogP contribution in [0.5, 0.6) is 0 Å². The standard InChI is InChI=1S/C30H30N4O4/c1-38-30(35)21-15-16-26-24(19-21)31-29(33(26)22-10-4-2-3-5-11-22)23-12-8-14-27(34(36)37)28(23)32-18-17-20-9-6-7-13-25(20)32/h6-9,12-16,19,22H,2-5,10-11,17-18H2,1H3. The molecule has 0 radical (unpaired) electrons. The Morgan fingerprint density at radius 3 is 2.58 bits per heavy atom. The van der Waals surface area contributed by atoms with Gasteiger partial charge in [0.1, 0.15) is 11.5 Å². The summed E-state index contributed by atoms with van der Waals surface area (Å²) >= 11 is 0. The summed E-state index contributed by atoms with van der Waals surface area (Å²) in [5, 5.41) is 12.3. The minimum Gasteiger partial charge on any atom is -0.465 e. The molecular weight excluding hydrogens is 480 g/mol. The molecular formula is C30H30N4O4. The van der Waals surface area contributed by atoms with Gasteiger partial charge in [0.05, 0.1) is 28.6 Å². The molecule has 0 atom stereocenters. The van der Waals surface area contributed by atoms with Crippen LogP contribution in [0.3, 0.4) is 0 Å². The van der Waals surface area contributed by atoms with Crippen LogP contribution in [0.15, 0.2) is 60.7 Å². The van der Waals surface area contributed by atoms with Crippen LogP contribution < -0.4 is 4.90 Å². The van der Waals surface area contributed by atoms with Crippen molar-refractivity contribution in [3.05, 3.63) is 81.9 Å². The van der Waals surface area contributed by atoms with Gasteiger partial charge >= 0.3 is 5.97 Å². The number of fused-ring (bicyclic) bond motifs is 2. The number of nitro benzene ring substituents is 1. The maximum atomic E-state index is 12.3. The van der Waals surface area contributed by atoms with E-state index in [9.17, 15) is 14.9 Å². The lowest BCUT2D eigenvalue weighted by Crippen LogP contribution is -2.17.